The van der Waals surface area contributed by atoms with Crippen molar-refractivity contribution < 1.29 is 14.3 Å². The Hall–Kier alpha value is -3.22. The maximum absolute atomic E-state index is 11.7. The van der Waals surface area contributed by atoms with E-state index in [4.69, 9.17) is 9.47 Å². The van der Waals surface area contributed by atoms with Gasteiger partial charge in [-0.2, -0.15) is 0 Å². The van der Waals surface area contributed by atoms with E-state index in [0.29, 0.717) is 24.8 Å². The number of ether oxygens (including phenoxy) is 2. The molecule has 0 radical (unpaired) electrons. The Morgan fingerprint density at radius 1 is 1.12 bits per heavy atom. The average molecular weight is 441 g/mol. The Balaban J connectivity index is 1.93. The predicted octanol–water partition coefficient (Wildman–Crippen LogP) is 3.50. The summed E-state index contributed by atoms with van der Waals surface area (Å²) in [4.78, 5) is 17.5. The first-order valence-electron chi connectivity index (χ1n) is 10.9. The number of nitrogens with zero attached hydrogens (tertiary/aromatic N) is 2. The number of aryl methyl sites for hydroxylation is 1. The molecule has 0 saturated heterocycles. The molecule has 0 saturated carbocycles. The minimum absolute atomic E-state index is 0.0186. The third-order valence-electron chi connectivity index (χ3n) is 5.02. The molecule has 0 fully saturated rings. The molecule has 0 aliphatic heterocycles. The standard InChI is InChI=1S/C25H36N4O3/c1-7-19(3)32-23-13-18(2)11-12-21(23)16-28-25(26-4)27-15-20-9-8-10-22(14-20)31-17-24(30)29(5)6/h8-14,19H,7,15-17H2,1-6H3,(H2,26,27,28). The minimum atomic E-state index is -0.0779. The third-order valence-corrected chi connectivity index (χ3v) is 5.02. The Labute approximate surface area is 191 Å². The molecule has 1 amide bonds. The molecule has 0 aromatic heterocycles. The number of guanidine groups is 1. The fourth-order valence-corrected chi connectivity index (χ4v) is 2.82. The van der Waals surface area contributed by atoms with E-state index in [1.807, 2.05) is 24.3 Å². The SMILES string of the molecule is CCC(C)Oc1cc(C)ccc1CNC(=NC)NCc1cccc(OCC(=O)N(C)C)c1. The number of amides is 1. The van der Waals surface area contributed by atoms with E-state index in [2.05, 4.69) is 54.6 Å². The number of hydrogen-bond donors (Lipinski definition) is 2. The summed E-state index contributed by atoms with van der Waals surface area (Å²) < 4.78 is 11.7. The number of nitrogens with one attached hydrogen (secondary N) is 2. The van der Waals surface area contributed by atoms with Crippen molar-refractivity contribution in [3.05, 3.63) is 59.2 Å². The van der Waals surface area contributed by atoms with Crippen LogP contribution in [-0.2, 0) is 17.9 Å². The van der Waals surface area contributed by atoms with Crippen molar-refractivity contribution in [2.24, 2.45) is 4.99 Å². The van der Waals surface area contributed by atoms with Crippen LogP contribution in [0.15, 0.2) is 47.5 Å². The number of hydrogen-bond acceptors (Lipinski definition) is 4. The highest BCUT2D eigenvalue weighted by molar-refractivity contribution is 5.79. The van der Waals surface area contributed by atoms with Crippen LogP contribution < -0.4 is 20.1 Å². The predicted molar refractivity (Wildman–Crippen MR) is 129 cm³/mol. The van der Waals surface area contributed by atoms with Gasteiger partial charge in [-0.3, -0.25) is 9.79 Å². The van der Waals surface area contributed by atoms with Gasteiger partial charge < -0.3 is 25.0 Å². The van der Waals surface area contributed by atoms with Gasteiger partial charge >= 0.3 is 0 Å². The highest BCUT2D eigenvalue weighted by Gasteiger charge is 2.09. The molecule has 0 aliphatic carbocycles. The van der Waals surface area contributed by atoms with E-state index in [1.54, 1.807) is 21.1 Å². The largest absolute Gasteiger partial charge is 0.490 e. The average Bonchev–Trinajstić information content (AvgIpc) is 2.78. The fourth-order valence-electron chi connectivity index (χ4n) is 2.82. The zero-order chi connectivity index (χ0) is 23.5. The first-order chi connectivity index (χ1) is 15.3. The highest BCUT2D eigenvalue weighted by Crippen LogP contribution is 2.22. The fraction of sp³-hybridized carbons (Fsp3) is 0.440. The molecule has 2 N–H and O–H groups in total. The van der Waals surface area contributed by atoms with Gasteiger partial charge in [-0.1, -0.05) is 31.2 Å². The molecule has 174 valence electrons. The van der Waals surface area contributed by atoms with Gasteiger partial charge in [-0.25, -0.2) is 0 Å². The molecule has 0 heterocycles. The first-order valence-corrected chi connectivity index (χ1v) is 10.9. The molecule has 2 rings (SSSR count). The smallest absolute Gasteiger partial charge is 0.259 e. The van der Waals surface area contributed by atoms with Gasteiger partial charge in [0.15, 0.2) is 12.6 Å². The normalized spacial score (nSPS) is 12.1. The third kappa shape index (κ3) is 8.13. The molecular formula is C25H36N4O3. The summed E-state index contributed by atoms with van der Waals surface area (Å²) in [5.74, 6) is 2.17. The lowest BCUT2D eigenvalue weighted by Gasteiger charge is -2.18. The molecule has 1 atom stereocenters. The molecule has 0 aliphatic rings. The Bertz CT molecular complexity index is 912. The van der Waals surface area contributed by atoms with Gasteiger partial charge in [0, 0.05) is 39.8 Å². The van der Waals surface area contributed by atoms with Crippen molar-refractivity contribution in [3.8, 4) is 11.5 Å². The number of carbonyl (C=O) groups excluding carboxylic acids is 1. The second-order valence-corrected chi connectivity index (χ2v) is 7.95. The molecule has 1 unspecified atom stereocenters. The maximum atomic E-state index is 11.7. The quantitative estimate of drug-likeness (QED) is 0.437. The van der Waals surface area contributed by atoms with E-state index < -0.39 is 0 Å². The molecule has 7 heteroatoms. The first kappa shape index (κ1) is 25.0. The van der Waals surface area contributed by atoms with E-state index in [0.717, 1.165) is 23.3 Å². The van der Waals surface area contributed by atoms with Crippen LogP contribution in [0.3, 0.4) is 0 Å². The van der Waals surface area contributed by atoms with Crippen LogP contribution in [0.5, 0.6) is 11.5 Å². The molecule has 0 spiro atoms. The van der Waals surface area contributed by atoms with Gasteiger partial charge in [0.1, 0.15) is 11.5 Å². The second-order valence-electron chi connectivity index (χ2n) is 7.95. The van der Waals surface area contributed by atoms with E-state index in [1.165, 1.54) is 10.5 Å². The van der Waals surface area contributed by atoms with Crippen LogP contribution in [-0.4, -0.2) is 50.6 Å². The van der Waals surface area contributed by atoms with Gasteiger partial charge in [-0.05, 0) is 49.6 Å². The van der Waals surface area contributed by atoms with E-state index in [-0.39, 0.29) is 18.6 Å². The summed E-state index contributed by atoms with van der Waals surface area (Å²) in [5, 5.41) is 6.67. The van der Waals surface area contributed by atoms with Crippen molar-refractivity contribution in [1.29, 1.82) is 0 Å². The minimum Gasteiger partial charge on any atom is -0.490 e. The Kier molecular flexibility index (Phi) is 9.85. The monoisotopic (exact) mass is 440 g/mol. The molecular weight excluding hydrogens is 404 g/mol. The topological polar surface area (TPSA) is 75.2 Å². The highest BCUT2D eigenvalue weighted by atomic mass is 16.5. The van der Waals surface area contributed by atoms with Crippen molar-refractivity contribution in [1.82, 2.24) is 15.5 Å². The Morgan fingerprint density at radius 2 is 1.88 bits per heavy atom. The van der Waals surface area contributed by atoms with Crippen LogP contribution in [0.2, 0.25) is 0 Å². The molecule has 2 aromatic carbocycles. The van der Waals surface area contributed by atoms with Crippen LogP contribution >= 0.6 is 0 Å². The number of benzene rings is 2. The van der Waals surface area contributed by atoms with Crippen LogP contribution in [0, 0.1) is 6.92 Å². The molecule has 2 aromatic rings. The summed E-state index contributed by atoms with van der Waals surface area (Å²) in [5.41, 5.74) is 3.28. The zero-order valence-electron chi connectivity index (χ0n) is 20.1. The van der Waals surface area contributed by atoms with Crippen molar-refractivity contribution in [2.45, 2.75) is 46.4 Å². The molecule has 0 bridgehead atoms. The van der Waals surface area contributed by atoms with Crippen molar-refractivity contribution in [2.75, 3.05) is 27.7 Å². The summed E-state index contributed by atoms with van der Waals surface area (Å²) in [6.07, 6.45) is 1.12. The lowest BCUT2D eigenvalue weighted by atomic mass is 10.1. The summed E-state index contributed by atoms with van der Waals surface area (Å²) >= 11 is 0. The maximum Gasteiger partial charge on any atom is 0.259 e. The van der Waals surface area contributed by atoms with Crippen LogP contribution in [0.4, 0.5) is 0 Å². The zero-order valence-corrected chi connectivity index (χ0v) is 20.1. The second kappa shape index (κ2) is 12.6. The number of aliphatic imine (C=N–C) groups is 1. The summed E-state index contributed by atoms with van der Waals surface area (Å²) in [6, 6.07) is 13.9. The van der Waals surface area contributed by atoms with Crippen molar-refractivity contribution >= 4 is 11.9 Å². The summed E-state index contributed by atoms with van der Waals surface area (Å²) in [6.45, 7) is 7.45. The van der Waals surface area contributed by atoms with Gasteiger partial charge in [-0.15, -0.1) is 0 Å². The van der Waals surface area contributed by atoms with E-state index >= 15 is 0 Å². The summed E-state index contributed by atoms with van der Waals surface area (Å²) in [7, 11) is 5.16. The van der Waals surface area contributed by atoms with Gasteiger partial charge in [0.2, 0.25) is 0 Å². The lowest BCUT2D eigenvalue weighted by molar-refractivity contribution is -0.130. The lowest BCUT2D eigenvalue weighted by Crippen LogP contribution is -2.36. The van der Waals surface area contributed by atoms with Crippen molar-refractivity contribution in [3.63, 3.8) is 0 Å². The van der Waals surface area contributed by atoms with Crippen LogP contribution in [0.1, 0.15) is 37.0 Å². The number of likely N-dealkylation sites (N-methyl/N-ethyl adjacent to an activating group) is 1. The van der Waals surface area contributed by atoms with Gasteiger partial charge in [0.25, 0.3) is 5.91 Å². The molecule has 32 heavy (non-hydrogen) atoms. The Morgan fingerprint density at radius 3 is 2.56 bits per heavy atom. The molecule has 7 nitrogen and oxygen atoms in total. The van der Waals surface area contributed by atoms with Crippen LogP contribution in [0.25, 0.3) is 0 Å². The van der Waals surface area contributed by atoms with E-state index in [9.17, 15) is 4.79 Å². The van der Waals surface area contributed by atoms with Gasteiger partial charge in [0.05, 0.1) is 6.10 Å². The number of carbonyl (C=O) groups is 1. The number of rotatable bonds is 10.